The lowest BCUT2D eigenvalue weighted by molar-refractivity contribution is 0.668. The van der Waals surface area contributed by atoms with Crippen molar-refractivity contribution in [2.45, 2.75) is 0 Å². The molecule has 2 aromatic heterocycles. The van der Waals surface area contributed by atoms with Gasteiger partial charge in [-0.15, -0.1) is 0 Å². The van der Waals surface area contributed by atoms with Crippen LogP contribution >= 0.6 is 0 Å². The van der Waals surface area contributed by atoms with E-state index in [0.717, 1.165) is 88.8 Å². The Morgan fingerprint density at radius 3 is 1.26 bits per heavy atom. The lowest BCUT2D eigenvalue weighted by Gasteiger charge is -2.32. The molecule has 12 aromatic rings. The Morgan fingerprint density at radius 2 is 0.689 bits per heavy atom. The summed E-state index contributed by atoms with van der Waals surface area (Å²) in [6.07, 6.45) is 0. The second-order valence-corrected chi connectivity index (χ2v) is 15.6. The minimum atomic E-state index is 0.877. The molecule has 0 aliphatic carbocycles. The van der Waals surface area contributed by atoms with Crippen molar-refractivity contribution >= 4 is 71.7 Å². The first kappa shape index (κ1) is 34.9. The van der Waals surface area contributed by atoms with Gasteiger partial charge in [0.05, 0.1) is 17.1 Å². The number of furan rings is 2. The Morgan fingerprint density at radius 1 is 0.262 bits per heavy atom. The largest absolute Gasteiger partial charge is 0.456 e. The van der Waals surface area contributed by atoms with Gasteiger partial charge < -0.3 is 13.7 Å². The Hall–Kier alpha value is -8.14. The molecule has 0 aliphatic heterocycles. The highest BCUT2D eigenvalue weighted by Crippen LogP contribution is 2.50. The van der Waals surface area contributed by atoms with E-state index in [1.807, 2.05) is 24.3 Å². The lowest BCUT2D eigenvalue weighted by atomic mass is 9.90. The molecule has 286 valence electrons. The Kier molecular flexibility index (Phi) is 8.17. The van der Waals surface area contributed by atoms with Gasteiger partial charge in [0.1, 0.15) is 22.3 Å². The zero-order valence-electron chi connectivity index (χ0n) is 33.1. The van der Waals surface area contributed by atoms with Crippen molar-refractivity contribution in [2.24, 2.45) is 0 Å². The molecule has 3 nitrogen and oxygen atoms in total. The molecule has 3 heteroatoms. The summed E-state index contributed by atoms with van der Waals surface area (Å²) in [6, 6.07) is 80.2. The molecule has 0 amide bonds. The maximum Gasteiger partial charge on any atom is 0.135 e. The van der Waals surface area contributed by atoms with Crippen LogP contribution in [-0.2, 0) is 0 Å². The highest BCUT2D eigenvalue weighted by atomic mass is 16.3. The zero-order valence-corrected chi connectivity index (χ0v) is 33.1. The van der Waals surface area contributed by atoms with E-state index in [0.29, 0.717) is 0 Å². The SMILES string of the molecule is c1ccc(-c2cccc3cccc(-c4ccccc4N(c4ccccc4-c4ccc5oc6ccccc6c5c4)c4ccccc4-c4ccc5oc6ccccc6c5c4)c23)cc1. The van der Waals surface area contributed by atoms with Crippen molar-refractivity contribution in [3.8, 4) is 44.5 Å². The fourth-order valence-corrected chi connectivity index (χ4v) is 9.32. The molecule has 0 saturated heterocycles. The molecule has 2 heterocycles. The van der Waals surface area contributed by atoms with Gasteiger partial charge in [-0.25, -0.2) is 0 Å². The molecule has 0 bridgehead atoms. The monoisotopic (exact) mass is 779 g/mol. The molecule has 0 saturated carbocycles. The summed E-state index contributed by atoms with van der Waals surface area (Å²) in [6.45, 7) is 0. The minimum absolute atomic E-state index is 0.877. The number of hydrogen-bond donors (Lipinski definition) is 0. The van der Waals surface area contributed by atoms with Gasteiger partial charge in [-0.3, -0.25) is 0 Å². The number of anilines is 3. The topological polar surface area (TPSA) is 29.5 Å². The average molecular weight is 780 g/mol. The van der Waals surface area contributed by atoms with E-state index in [1.165, 1.54) is 27.5 Å². The van der Waals surface area contributed by atoms with Crippen LogP contribution in [-0.4, -0.2) is 0 Å². The van der Waals surface area contributed by atoms with E-state index in [1.54, 1.807) is 0 Å². The highest BCUT2D eigenvalue weighted by Gasteiger charge is 2.25. The second-order valence-electron chi connectivity index (χ2n) is 15.6. The smallest absolute Gasteiger partial charge is 0.135 e. The Bertz CT molecular complexity index is 3450. The summed E-state index contributed by atoms with van der Waals surface area (Å²) in [7, 11) is 0. The molecule has 0 fully saturated rings. The summed E-state index contributed by atoms with van der Waals surface area (Å²) in [5.41, 5.74) is 15.9. The first-order valence-corrected chi connectivity index (χ1v) is 20.7. The first-order valence-electron chi connectivity index (χ1n) is 20.7. The molecular weight excluding hydrogens is 743 g/mol. The number of fused-ring (bicyclic) bond motifs is 7. The predicted octanol–water partition coefficient (Wildman–Crippen LogP) is 16.8. The minimum Gasteiger partial charge on any atom is -0.456 e. The molecule has 0 atom stereocenters. The maximum atomic E-state index is 6.30. The van der Waals surface area contributed by atoms with Crippen LogP contribution in [0.3, 0.4) is 0 Å². The number of benzene rings is 10. The van der Waals surface area contributed by atoms with Crippen molar-refractivity contribution < 1.29 is 8.83 Å². The fraction of sp³-hybridized carbons (Fsp3) is 0. The van der Waals surface area contributed by atoms with E-state index < -0.39 is 0 Å². The van der Waals surface area contributed by atoms with Crippen LogP contribution in [0, 0.1) is 0 Å². The fourth-order valence-electron chi connectivity index (χ4n) is 9.32. The summed E-state index contributed by atoms with van der Waals surface area (Å²) >= 11 is 0. The molecule has 0 radical (unpaired) electrons. The summed E-state index contributed by atoms with van der Waals surface area (Å²) < 4.78 is 12.6. The van der Waals surface area contributed by atoms with Gasteiger partial charge in [0.15, 0.2) is 0 Å². The normalized spacial score (nSPS) is 11.6. The molecule has 12 rings (SSSR count). The van der Waals surface area contributed by atoms with E-state index in [9.17, 15) is 0 Å². The Labute approximate surface area is 353 Å². The van der Waals surface area contributed by atoms with Gasteiger partial charge in [-0.1, -0.05) is 170 Å². The number of para-hydroxylation sites is 5. The highest BCUT2D eigenvalue weighted by molar-refractivity contribution is 6.11. The van der Waals surface area contributed by atoms with E-state index >= 15 is 0 Å². The molecule has 0 unspecified atom stereocenters. The van der Waals surface area contributed by atoms with Gasteiger partial charge in [0.2, 0.25) is 0 Å². The van der Waals surface area contributed by atoms with Crippen LogP contribution in [0.15, 0.2) is 233 Å². The van der Waals surface area contributed by atoms with Gasteiger partial charge in [-0.05, 0) is 93.2 Å². The van der Waals surface area contributed by atoms with Gasteiger partial charge in [0.25, 0.3) is 0 Å². The maximum absolute atomic E-state index is 6.30. The summed E-state index contributed by atoms with van der Waals surface area (Å²) in [5, 5.41) is 6.83. The second kappa shape index (κ2) is 14.3. The van der Waals surface area contributed by atoms with Crippen LogP contribution in [0.4, 0.5) is 17.1 Å². The summed E-state index contributed by atoms with van der Waals surface area (Å²) in [4.78, 5) is 2.47. The van der Waals surface area contributed by atoms with Crippen LogP contribution in [0.1, 0.15) is 0 Å². The summed E-state index contributed by atoms with van der Waals surface area (Å²) in [5.74, 6) is 0. The Balaban J connectivity index is 1.13. The third kappa shape index (κ3) is 5.82. The molecule has 10 aromatic carbocycles. The first-order chi connectivity index (χ1) is 30.3. The predicted molar refractivity (Wildman–Crippen MR) is 255 cm³/mol. The standard InChI is InChI=1S/C58H37NO2/c1-2-16-38(17-3-1)44-25-14-18-39-19-15-26-48(58(39)44)45-22-6-11-29-53(45)59(51-27-9-4-20-42(51)40-32-34-56-49(36-40)46-23-7-12-30-54(46)60-56)52-28-10-5-21-43(52)41-33-35-57-50(37-41)47-24-8-13-31-55(47)61-57/h1-37H. The lowest BCUT2D eigenvalue weighted by Crippen LogP contribution is -2.13. The van der Waals surface area contributed by atoms with Crippen LogP contribution < -0.4 is 4.90 Å². The number of hydrogen-bond acceptors (Lipinski definition) is 3. The molecule has 0 spiro atoms. The van der Waals surface area contributed by atoms with Crippen molar-refractivity contribution in [1.82, 2.24) is 0 Å². The molecule has 61 heavy (non-hydrogen) atoms. The van der Waals surface area contributed by atoms with Crippen molar-refractivity contribution in [3.05, 3.63) is 224 Å². The van der Waals surface area contributed by atoms with Crippen molar-refractivity contribution in [3.63, 3.8) is 0 Å². The zero-order chi connectivity index (χ0) is 40.3. The van der Waals surface area contributed by atoms with Crippen molar-refractivity contribution in [1.29, 1.82) is 0 Å². The van der Waals surface area contributed by atoms with Gasteiger partial charge in [-0.2, -0.15) is 0 Å². The van der Waals surface area contributed by atoms with Crippen LogP contribution in [0.5, 0.6) is 0 Å². The van der Waals surface area contributed by atoms with E-state index in [2.05, 4.69) is 205 Å². The number of nitrogens with zero attached hydrogens (tertiary/aromatic N) is 1. The molecule has 0 aliphatic rings. The van der Waals surface area contributed by atoms with E-state index in [4.69, 9.17) is 8.83 Å². The third-order valence-corrected chi connectivity index (χ3v) is 12.1. The molecular formula is C58H37NO2. The van der Waals surface area contributed by atoms with E-state index in [-0.39, 0.29) is 0 Å². The third-order valence-electron chi connectivity index (χ3n) is 12.1. The van der Waals surface area contributed by atoms with Crippen molar-refractivity contribution in [2.75, 3.05) is 4.90 Å². The van der Waals surface area contributed by atoms with Gasteiger partial charge in [0, 0.05) is 38.2 Å². The average Bonchev–Trinajstić information content (AvgIpc) is 3.90. The van der Waals surface area contributed by atoms with Crippen LogP contribution in [0.25, 0.3) is 99.2 Å². The van der Waals surface area contributed by atoms with Gasteiger partial charge >= 0.3 is 0 Å². The number of rotatable bonds is 7. The quantitative estimate of drug-likeness (QED) is 0.161. The molecule has 0 N–H and O–H groups in total. The van der Waals surface area contributed by atoms with Crippen LogP contribution in [0.2, 0.25) is 0 Å².